The summed E-state index contributed by atoms with van der Waals surface area (Å²) in [7, 11) is 0. The number of aromatic nitrogens is 4. The molecule has 8 heteroatoms. The molecule has 29 heavy (non-hydrogen) atoms. The van der Waals surface area contributed by atoms with Gasteiger partial charge in [-0.2, -0.15) is 5.10 Å². The van der Waals surface area contributed by atoms with E-state index in [1.54, 1.807) is 0 Å². The first-order valence-electron chi connectivity index (χ1n) is 9.96. The standard InChI is InChI=1S/C21H26N6.2ClH/c1-2-5-18(6-3-1)25-11-7-17(15-25)16-26-12-9-23-21(26)20-13-19-14-22-8-4-10-27(19)24-20;;/h1-3,5-6,9,12-13,17,22H,4,7-8,10-11,14-16H2;2*1H. The van der Waals surface area contributed by atoms with Gasteiger partial charge in [0.25, 0.3) is 0 Å². The third-order valence-corrected chi connectivity index (χ3v) is 5.70. The quantitative estimate of drug-likeness (QED) is 0.681. The van der Waals surface area contributed by atoms with Crippen LogP contribution in [0.25, 0.3) is 11.5 Å². The molecule has 4 heterocycles. The average molecular weight is 435 g/mol. The van der Waals surface area contributed by atoms with Crippen molar-refractivity contribution < 1.29 is 0 Å². The fourth-order valence-electron chi connectivity index (χ4n) is 4.29. The van der Waals surface area contributed by atoms with Gasteiger partial charge >= 0.3 is 0 Å². The van der Waals surface area contributed by atoms with Crippen LogP contribution >= 0.6 is 24.8 Å². The first-order valence-corrected chi connectivity index (χ1v) is 9.96. The van der Waals surface area contributed by atoms with E-state index < -0.39 is 0 Å². The lowest BCUT2D eigenvalue weighted by Gasteiger charge is -2.19. The molecule has 0 radical (unpaired) electrons. The van der Waals surface area contributed by atoms with Gasteiger partial charge in [0.05, 0.1) is 5.69 Å². The van der Waals surface area contributed by atoms with E-state index in [2.05, 4.69) is 67.0 Å². The normalized spacial score (nSPS) is 18.5. The van der Waals surface area contributed by atoms with Crippen LogP contribution in [0.3, 0.4) is 0 Å². The molecule has 3 aromatic rings. The third-order valence-electron chi connectivity index (χ3n) is 5.70. The van der Waals surface area contributed by atoms with Gasteiger partial charge in [0, 0.05) is 50.8 Å². The lowest BCUT2D eigenvalue weighted by atomic mass is 10.1. The predicted octanol–water partition coefficient (Wildman–Crippen LogP) is 3.61. The Balaban J connectivity index is 0.00000120. The van der Waals surface area contributed by atoms with Crippen LogP contribution in [-0.4, -0.2) is 39.0 Å². The Labute approximate surface area is 184 Å². The molecule has 2 aliphatic rings. The lowest BCUT2D eigenvalue weighted by molar-refractivity contribution is 0.487. The minimum absolute atomic E-state index is 0. The van der Waals surface area contributed by atoms with E-state index in [1.165, 1.54) is 17.8 Å². The van der Waals surface area contributed by atoms with E-state index in [0.717, 1.165) is 57.2 Å². The first kappa shape index (κ1) is 21.7. The Morgan fingerprint density at radius 1 is 1.10 bits per heavy atom. The summed E-state index contributed by atoms with van der Waals surface area (Å²) in [5, 5.41) is 8.30. The van der Waals surface area contributed by atoms with E-state index in [9.17, 15) is 0 Å². The highest BCUT2D eigenvalue weighted by Gasteiger charge is 2.24. The Morgan fingerprint density at radius 2 is 1.97 bits per heavy atom. The van der Waals surface area contributed by atoms with Crippen LogP contribution in [0.1, 0.15) is 18.5 Å². The number of hydrogen-bond acceptors (Lipinski definition) is 4. The molecule has 0 saturated carbocycles. The van der Waals surface area contributed by atoms with Crippen LogP contribution in [-0.2, 0) is 19.6 Å². The number of para-hydroxylation sites is 1. The largest absolute Gasteiger partial charge is 0.371 e. The summed E-state index contributed by atoms with van der Waals surface area (Å²) in [6.45, 7) is 6.17. The Kier molecular flexibility index (Phi) is 7.22. The summed E-state index contributed by atoms with van der Waals surface area (Å²) in [6.07, 6.45) is 6.35. The number of benzene rings is 1. The van der Waals surface area contributed by atoms with E-state index in [0.29, 0.717) is 5.92 Å². The monoisotopic (exact) mass is 434 g/mol. The highest BCUT2D eigenvalue weighted by atomic mass is 35.5. The molecule has 0 spiro atoms. The molecule has 0 aliphatic carbocycles. The van der Waals surface area contributed by atoms with Crippen LogP contribution < -0.4 is 10.2 Å². The molecule has 1 fully saturated rings. The molecule has 1 N–H and O–H groups in total. The van der Waals surface area contributed by atoms with E-state index in [4.69, 9.17) is 5.10 Å². The Hall–Kier alpha value is -2.02. The Morgan fingerprint density at radius 3 is 2.83 bits per heavy atom. The van der Waals surface area contributed by atoms with E-state index in [-0.39, 0.29) is 24.8 Å². The molecule has 1 aromatic carbocycles. The highest BCUT2D eigenvalue weighted by molar-refractivity contribution is 5.85. The fourth-order valence-corrected chi connectivity index (χ4v) is 4.29. The maximum Gasteiger partial charge on any atom is 0.160 e. The predicted molar refractivity (Wildman–Crippen MR) is 121 cm³/mol. The molecule has 0 amide bonds. The van der Waals surface area contributed by atoms with Gasteiger partial charge in [-0.25, -0.2) is 4.98 Å². The molecule has 1 saturated heterocycles. The number of nitrogens with one attached hydrogen (secondary N) is 1. The van der Waals surface area contributed by atoms with Crippen molar-refractivity contribution in [2.75, 3.05) is 24.5 Å². The molecular formula is C21H28Cl2N6. The van der Waals surface area contributed by atoms with Crippen molar-refractivity contribution in [2.45, 2.75) is 32.5 Å². The zero-order valence-electron chi connectivity index (χ0n) is 16.4. The van der Waals surface area contributed by atoms with Gasteiger partial charge in [-0.3, -0.25) is 4.68 Å². The van der Waals surface area contributed by atoms with Gasteiger partial charge in [0.15, 0.2) is 5.82 Å². The number of nitrogens with zero attached hydrogens (tertiary/aromatic N) is 5. The number of halogens is 2. The number of hydrogen-bond donors (Lipinski definition) is 1. The number of anilines is 1. The van der Waals surface area contributed by atoms with Gasteiger partial charge < -0.3 is 14.8 Å². The van der Waals surface area contributed by atoms with E-state index in [1.807, 2.05) is 6.20 Å². The van der Waals surface area contributed by atoms with Gasteiger partial charge in [0.1, 0.15) is 5.69 Å². The lowest BCUT2D eigenvalue weighted by Crippen LogP contribution is -2.21. The second-order valence-corrected chi connectivity index (χ2v) is 7.61. The van der Waals surface area contributed by atoms with Crippen LogP contribution in [0.5, 0.6) is 0 Å². The summed E-state index contributed by atoms with van der Waals surface area (Å²) in [4.78, 5) is 7.12. The van der Waals surface area contributed by atoms with Crippen LogP contribution in [0.15, 0.2) is 48.8 Å². The number of fused-ring (bicyclic) bond motifs is 1. The van der Waals surface area contributed by atoms with Gasteiger partial charge in [-0.05, 0) is 43.5 Å². The summed E-state index contributed by atoms with van der Waals surface area (Å²) in [5.74, 6) is 1.63. The summed E-state index contributed by atoms with van der Waals surface area (Å²) < 4.78 is 4.43. The van der Waals surface area contributed by atoms with Gasteiger partial charge in [-0.1, -0.05) is 18.2 Å². The maximum absolute atomic E-state index is 4.83. The second kappa shape index (κ2) is 9.65. The highest BCUT2D eigenvalue weighted by Crippen LogP contribution is 2.26. The van der Waals surface area contributed by atoms with E-state index >= 15 is 0 Å². The molecule has 1 atom stereocenters. The first-order chi connectivity index (χ1) is 13.4. The van der Waals surface area contributed by atoms with Crippen LogP contribution in [0.2, 0.25) is 0 Å². The number of aryl methyl sites for hydroxylation is 1. The second-order valence-electron chi connectivity index (χ2n) is 7.61. The molecule has 1 unspecified atom stereocenters. The summed E-state index contributed by atoms with van der Waals surface area (Å²) in [6, 6.07) is 12.9. The maximum atomic E-state index is 4.83. The van der Waals surface area contributed by atoms with Gasteiger partial charge in [0.2, 0.25) is 0 Å². The molecular weight excluding hydrogens is 407 g/mol. The van der Waals surface area contributed by atoms with Crippen molar-refractivity contribution in [3.8, 4) is 11.5 Å². The van der Waals surface area contributed by atoms with Crippen molar-refractivity contribution in [3.63, 3.8) is 0 Å². The van der Waals surface area contributed by atoms with Crippen LogP contribution in [0.4, 0.5) is 5.69 Å². The van der Waals surface area contributed by atoms with Crippen molar-refractivity contribution >= 4 is 30.5 Å². The van der Waals surface area contributed by atoms with Gasteiger partial charge in [-0.15, -0.1) is 24.8 Å². The Bertz CT molecular complexity index is 884. The summed E-state index contributed by atoms with van der Waals surface area (Å²) in [5.41, 5.74) is 3.58. The molecule has 0 bridgehead atoms. The zero-order valence-corrected chi connectivity index (χ0v) is 18.0. The van der Waals surface area contributed by atoms with Crippen molar-refractivity contribution in [3.05, 3.63) is 54.5 Å². The smallest absolute Gasteiger partial charge is 0.160 e. The number of imidazole rings is 1. The van der Waals surface area contributed by atoms with Crippen molar-refractivity contribution in [1.82, 2.24) is 24.6 Å². The SMILES string of the molecule is Cl.Cl.c1ccc(N2CCC(Cn3ccnc3-c3cc4n(n3)CCCNC4)C2)cc1. The molecule has 2 aromatic heterocycles. The van der Waals surface area contributed by atoms with Crippen LogP contribution in [0, 0.1) is 5.92 Å². The van der Waals surface area contributed by atoms with Crippen molar-refractivity contribution in [2.24, 2.45) is 5.92 Å². The molecule has 156 valence electrons. The summed E-state index contributed by atoms with van der Waals surface area (Å²) >= 11 is 0. The van der Waals surface area contributed by atoms with Crippen molar-refractivity contribution in [1.29, 1.82) is 0 Å². The fraction of sp³-hybridized carbons (Fsp3) is 0.429. The third kappa shape index (κ3) is 4.60. The molecule has 5 rings (SSSR count). The number of rotatable bonds is 4. The minimum Gasteiger partial charge on any atom is -0.371 e. The minimum atomic E-state index is 0. The topological polar surface area (TPSA) is 50.9 Å². The zero-order chi connectivity index (χ0) is 18.1. The average Bonchev–Trinajstić information content (AvgIpc) is 3.41. The molecule has 2 aliphatic heterocycles. The molecule has 6 nitrogen and oxygen atoms in total.